The Morgan fingerprint density at radius 2 is 1.74 bits per heavy atom. The summed E-state index contributed by atoms with van der Waals surface area (Å²) >= 11 is 0. The van der Waals surface area contributed by atoms with Gasteiger partial charge in [0.2, 0.25) is 15.9 Å². The highest BCUT2D eigenvalue weighted by molar-refractivity contribution is 7.89. The second-order valence-corrected chi connectivity index (χ2v) is 11.0. The van der Waals surface area contributed by atoms with Gasteiger partial charge >= 0.3 is 0 Å². The van der Waals surface area contributed by atoms with Crippen LogP contribution in [0.1, 0.15) is 43.9 Å². The number of benzene rings is 2. The van der Waals surface area contributed by atoms with Crippen molar-refractivity contribution in [1.29, 1.82) is 0 Å². The molecule has 2 aromatic rings. The summed E-state index contributed by atoms with van der Waals surface area (Å²) in [5.41, 5.74) is 1.70. The third-order valence-corrected chi connectivity index (χ3v) is 7.94. The number of carbonyl (C=O) groups is 1. The second kappa shape index (κ2) is 12.4. The molecule has 0 aromatic heterocycles. The van der Waals surface area contributed by atoms with Gasteiger partial charge in [0.15, 0.2) is 0 Å². The summed E-state index contributed by atoms with van der Waals surface area (Å²) in [7, 11) is -0.473. The van der Waals surface area contributed by atoms with E-state index < -0.39 is 10.0 Å². The zero-order valence-corrected chi connectivity index (χ0v) is 21.8. The Balaban J connectivity index is 1.71. The van der Waals surface area contributed by atoms with Crippen molar-refractivity contribution in [2.75, 3.05) is 40.5 Å². The molecule has 0 spiro atoms. The van der Waals surface area contributed by atoms with Crippen molar-refractivity contribution in [1.82, 2.24) is 9.62 Å². The zero-order chi connectivity index (χ0) is 25.4. The van der Waals surface area contributed by atoms with Crippen molar-refractivity contribution in [3.05, 3.63) is 53.6 Å². The topological polar surface area (TPSA) is 94.2 Å². The molecule has 192 valence electrons. The molecular formula is C26H36N2O6S. The fraction of sp³-hybridized carbons (Fsp3) is 0.500. The van der Waals surface area contributed by atoms with E-state index in [1.807, 2.05) is 24.3 Å². The lowest BCUT2D eigenvalue weighted by Gasteiger charge is -2.26. The van der Waals surface area contributed by atoms with Crippen molar-refractivity contribution in [3.8, 4) is 11.5 Å². The molecule has 0 saturated carbocycles. The number of aryl methyl sites for hydroxylation is 1. The smallest absolute Gasteiger partial charge is 0.243 e. The van der Waals surface area contributed by atoms with E-state index in [9.17, 15) is 13.2 Å². The number of amides is 1. The van der Waals surface area contributed by atoms with E-state index in [-0.39, 0.29) is 23.3 Å². The molecule has 3 rings (SSSR count). The van der Waals surface area contributed by atoms with E-state index >= 15 is 0 Å². The van der Waals surface area contributed by atoms with Gasteiger partial charge in [0.05, 0.1) is 38.4 Å². The molecule has 1 aliphatic rings. The summed E-state index contributed by atoms with van der Waals surface area (Å²) < 4.78 is 43.5. The Morgan fingerprint density at radius 3 is 2.34 bits per heavy atom. The third-order valence-electron chi connectivity index (χ3n) is 6.04. The summed E-state index contributed by atoms with van der Waals surface area (Å²) in [6.45, 7) is 5.66. The summed E-state index contributed by atoms with van der Waals surface area (Å²) in [6, 6.07) is 12.4. The quantitative estimate of drug-likeness (QED) is 0.503. The summed E-state index contributed by atoms with van der Waals surface area (Å²) in [4.78, 5) is 13.1. The van der Waals surface area contributed by atoms with Gasteiger partial charge in [-0.2, -0.15) is 4.31 Å². The highest BCUT2D eigenvalue weighted by Gasteiger charge is 2.27. The maximum Gasteiger partial charge on any atom is 0.243 e. The minimum atomic E-state index is -3.64. The fourth-order valence-electron chi connectivity index (χ4n) is 4.15. The number of rotatable bonds is 11. The summed E-state index contributed by atoms with van der Waals surface area (Å²) in [5.74, 6) is 1.62. The van der Waals surface area contributed by atoms with Crippen LogP contribution in [-0.2, 0) is 26.0 Å². The molecule has 2 aromatic carbocycles. The first-order valence-corrected chi connectivity index (χ1v) is 13.4. The van der Waals surface area contributed by atoms with Crippen LogP contribution in [0.2, 0.25) is 0 Å². The van der Waals surface area contributed by atoms with Gasteiger partial charge in [0, 0.05) is 19.5 Å². The molecule has 1 saturated heterocycles. The Hall–Kier alpha value is -2.62. The molecule has 1 heterocycles. The Kier molecular flexibility index (Phi) is 9.54. The van der Waals surface area contributed by atoms with Crippen molar-refractivity contribution in [3.63, 3.8) is 0 Å². The van der Waals surface area contributed by atoms with E-state index in [1.54, 1.807) is 25.3 Å². The van der Waals surface area contributed by atoms with E-state index in [0.717, 1.165) is 17.7 Å². The van der Waals surface area contributed by atoms with E-state index in [1.165, 1.54) is 11.4 Å². The molecule has 0 unspecified atom stereocenters. The van der Waals surface area contributed by atoms with Gasteiger partial charge in [0.25, 0.3) is 0 Å². The predicted octanol–water partition coefficient (Wildman–Crippen LogP) is 3.56. The standard InChI is InChI=1S/C26H36N2O6S/c1-19(2)17-24(20-5-8-22(32-3)9-6-20)27-26(29)12-7-21-18-23(10-11-25(21)33-4)35(30,31)28-13-15-34-16-14-28/h5-6,8-11,18-19,24H,7,12-17H2,1-4H3,(H,27,29)/t24-/m0/s1. The van der Waals surface area contributed by atoms with Gasteiger partial charge < -0.3 is 19.5 Å². The minimum absolute atomic E-state index is 0.102. The minimum Gasteiger partial charge on any atom is -0.497 e. The first-order chi connectivity index (χ1) is 16.7. The monoisotopic (exact) mass is 504 g/mol. The number of sulfonamides is 1. The number of carbonyl (C=O) groups excluding carboxylic acids is 1. The molecule has 0 radical (unpaired) electrons. The van der Waals surface area contributed by atoms with Crippen LogP contribution in [0, 0.1) is 5.92 Å². The average molecular weight is 505 g/mol. The first kappa shape index (κ1) is 27.0. The van der Waals surface area contributed by atoms with E-state index in [2.05, 4.69) is 19.2 Å². The number of morpholine rings is 1. The van der Waals surface area contributed by atoms with Crippen LogP contribution in [0.25, 0.3) is 0 Å². The number of nitrogens with zero attached hydrogens (tertiary/aromatic N) is 1. The normalized spacial score (nSPS) is 15.6. The van der Waals surface area contributed by atoms with E-state index in [4.69, 9.17) is 14.2 Å². The number of methoxy groups -OCH3 is 2. The van der Waals surface area contributed by atoms with Crippen LogP contribution >= 0.6 is 0 Å². The van der Waals surface area contributed by atoms with Gasteiger partial charge in [-0.15, -0.1) is 0 Å². The molecule has 1 fully saturated rings. The van der Waals surface area contributed by atoms with Crippen LogP contribution < -0.4 is 14.8 Å². The fourth-order valence-corrected chi connectivity index (χ4v) is 5.61. The lowest BCUT2D eigenvalue weighted by molar-refractivity contribution is -0.121. The lowest BCUT2D eigenvalue weighted by atomic mass is 9.96. The largest absolute Gasteiger partial charge is 0.497 e. The van der Waals surface area contributed by atoms with Gasteiger partial charge in [-0.3, -0.25) is 4.79 Å². The van der Waals surface area contributed by atoms with Crippen LogP contribution in [0.3, 0.4) is 0 Å². The Labute approximate surface area is 208 Å². The number of hydrogen-bond acceptors (Lipinski definition) is 6. The van der Waals surface area contributed by atoms with Crippen LogP contribution in [-0.4, -0.2) is 59.2 Å². The van der Waals surface area contributed by atoms with Crippen molar-refractivity contribution >= 4 is 15.9 Å². The van der Waals surface area contributed by atoms with Crippen LogP contribution in [0.15, 0.2) is 47.4 Å². The number of nitrogens with one attached hydrogen (secondary N) is 1. The molecule has 8 nitrogen and oxygen atoms in total. The highest BCUT2D eigenvalue weighted by Crippen LogP contribution is 2.27. The molecule has 1 N–H and O–H groups in total. The SMILES string of the molecule is COc1ccc([C@H](CC(C)C)NC(=O)CCc2cc(S(=O)(=O)N3CCOCC3)ccc2OC)cc1. The highest BCUT2D eigenvalue weighted by atomic mass is 32.2. The van der Waals surface area contributed by atoms with Crippen molar-refractivity contribution in [2.45, 2.75) is 44.0 Å². The summed E-state index contributed by atoms with van der Waals surface area (Å²) in [6.07, 6.45) is 1.37. The predicted molar refractivity (Wildman–Crippen MR) is 134 cm³/mol. The first-order valence-electron chi connectivity index (χ1n) is 11.9. The average Bonchev–Trinajstić information content (AvgIpc) is 2.87. The van der Waals surface area contributed by atoms with Crippen molar-refractivity contribution < 1.29 is 27.4 Å². The molecule has 9 heteroatoms. The number of ether oxygens (including phenoxy) is 3. The number of hydrogen-bond donors (Lipinski definition) is 1. The van der Waals surface area contributed by atoms with Gasteiger partial charge in [-0.05, 0) is 60.2 Å². The second-order valence-electron chi connectivity index (χ2n) is 9.01. The molecule has 1 amide bonds. The lowest BCUT2D eigenvalue weighted by Crippen LogP contribution is -2.40. The Morgan fingerprint density at radius 1 is 1.06 bits per heavy atom. The van der Waals surface area contributed by atoms with E-state index in [0.29, 0.717) is 50.0 Å². The van der Waals surface area contributed by atoms with Crippen LogP contribution in [0.5, 0.6) is 11.5 Å². The molecule has 1 aliphatic heterocycles. The van der Waals surface area contributed by atoms with Crippen molar-refractivity contribution in [2.24, 2.45) is 5.92 Å². The third kappa shape index (κ3) is 7.19. The zero-order valence-electron chi connectivity index (χ0n) is 21.0. The molecule has 35 heavy (non-hydrogen) atoms. The van der Waals surface area contributed by atoms with Gasteiger partial charge in [0.1, 0.15) is 11.5 Å². The van der Waals surface area contributed by atoms with Gasteiger partial charge in [-0.25, -0.2) is 8.42 Å². The van der Waals surface area contributed by atoms with Gasteiger partial charge in [-0.1, -0.05) is 26.0 Å². The summed E-state index contributed by atoms with van der Waals surface area (Å²) in [5, 5.41) is 3.15. The maximum absolute atomic E-state index is 13.1. The Bertz CT molecular complexity index is 1080. The molecule has 0 aliphatic carbocycles. The molecular weight excluding hydrogens is 468 g/mol. The molecule has 0 bridgehead atoms. The van der Waals surface area contributed by atoms with Crippen LogP contribution in [0.4, 0.5) is 0 Å². The molecule has 1 atom stereocenters. The maximum atomic E-state index is 13.1.